The Morgan fingerprint density at radius 1 is 1.34 bits per heavy atom. The van der Waals surface area contributed by atoms with Gasteiger partial charge < -0.3 is 4.74 Å². The maximum Gasteiger partial charge on any atom is 0.417 e. The van der Waals surface area contributed by atoms with E-state index in [0.717, 1.165) is 41.5 Å². The number of hydrogen-bond acceptors (Lipinski definition) is 9. The first-order valence-electron chi connectivity index (χ1n) is 8.44. The summed E-state index contributed by atoms with van der Waals surface area (Å²) in [6.07, 6.45) is -4.07. The molecule has 0 aliphatic carbocycles. The number of halogens is 4. The molecule has 1 heterocycles. The van der Waals surface area contributed by atoms with Crippen molar-refractivity contribution in [3.63, 3.8) is 0 Å². The Morgan fingerprint density at radius 2 is 2.00 bits per heavy atom. The number of alkyl halides is 3. The Bertz CT molecular complexity index is 1110. The van der Waals surface area contributed by atoms with Crippen LogP contribution in [0.25, 0.3) is 0 Å². The fourth-order valence-corrected chi connectivity index (χ4v) is 5.36. The van der Waals surface area contributed by atoms with Gasteiger partial charge in [-0.2, -0.15) is 13.2 Å². The fraction of sp³-hybridized carbons (Fsp3) is 0.375. The molecule has 1 aromatic carbocycles. The van der Waals surface area contributed by atoms with Crippen LogP contribution in [0.1, 0.15) is 12.5 Å². The maximum absolute atomic E-state index is 13.2. The van der Waals surface area contributed by atoms with E-state index in [4.69, 9.17) is 11.6 Å². The number of anilines is 2. The molecule has 16 heteroatoms. The van der Waals surface area contributed by atoms with Gasteiger partial charge in [-0.3, -0.25) is 19.2 Å². The normalized spacial score (nSPS) is 12.8. The molecule has 0 aliphatic heterocycles. The zero-order chi connectivity index (χ0) is 24.3. The number of benzene rings is 1. The lowest BCUT2D eigenvalue weighted by molar-refractivity contribution is -0.138. The van der Waals surface area contributed by atoms with E-state index in [0.29, 0.717) is 14.7 Å². The minimum atomic E-state index is -4.83. The summed E-state index contributed by atoms with van der Waals surface area (Å²) in [5.74, 6) is -1.39. The highest BCUT2D eigenvalue weighted by Crippen LogP contribution is 2.38. The van der Waals surface area contributed by atoms with Crippen molar-refractivity contribution in [2.75, 3.05) is 28.7 Å². The summed E-state index contributed by atoms with van der Waals surface area (Å²) in [5.41, 5.74) is -1.63. The number of carbonyl (C=O) groups excluding carboxylic acids is 2. The Morgan fingerprint density at radius 3 is 2.56 bits per heavy atom. The molecule has 0 saturated heterocycles. The van der Waals surface area contributed by atoms with E-state index in [1.165, 1.54) is 14.0 Å². The van der Waals surface area contributed by atoms with Crippen LogP contribution in [0.4, 0.5) is 24.0 Å². The minimum absolute atomic E-state index is 0.00903. The van der Waals surface area contributed by atoms with Crippen LogP contribution in [0.3, 0.4) is 0 Å². The number of methoxy groups -OCH3 is 1. The lowest BCUT2D eigenvalue weighted by atomic mass is 10.1. The number of carbonyl (C=O) groups is 2. The molecule has 0 spiro atoms. The van der Waals surface area contributed by atoms with Crippen molar-refractivity contribution in [1.29, 1.82) is 0 Å². The summed E-state index contributed by atoms with van der Waals surface area (Å²) >= 11 is 7.53. The van der Waals surface area contributed by atoms with E-state index in [9.17, 15) is 31.2 Å². The van der Waals surface area contributed by atoms with Gasteiger partial charge in [0, 0.05) is 0 Å². The van der Waals surface area contributed by atoms with Gasteiger partial charge in [0.25, 0.3) is 0 Å². The second-order valence-electron chi connectivity index (χ2n) is 6.12. The number of hydrogen-bond donors (Lipinski definition) is 1. The molecule has 9 nitrogen and oxygen atoms in total. The Labute approximate surface area is 194 Å². The topological polar surface area (TPSA) is 119 Å². The smallest absolute Gasteiger partial charge is 0.417 e. The van der Waals surface area contributed by atoms with Crippen LogP contribution in [-0.4, -0.2) is 55.7 Å². The quantitative estimate of drug-likeness (QED) is 0.312. The number of esters is 1. The first-order valence-corrected chi connectivity index (χ1v) is 12.5. The zero-order valence-corrected chi connectivity index (χ0v) is 19.8. The third-order valence-corrected chi connectivity index (χ3v) is 7.29. The Kier molecular flexibility index (Phi) is 8.36. The van der Waals surface area contributed by atoms with E-state index in [1.54, 1.807) is 0 Å². The molecule has 176 valence electrons. The van der Waals surface area contributed by atoms with Crippen molar-refractivity contribution in [1.82, 2.24) is 10.2 Å². The van der Waals surface area contributed by atoms with Gasteiger partial charge in [-0.1, -0.05) is 34.7 Å². The third kappa shape index (κ3) is 6.70. The molecule has 0 unspecified atom stereocenters. The van der Waals surface area contributed by atoms with Crippen LogP contribution in [0.15, 0.2) is 22.5 Å². The largest absolute Gasteiger partial charge is 0.468 e. The summed E-state index contributed by atoms with van der Waals surface area (Å²) in [6.45, 7) is 1.20. The first-order chi connectivity index (χ1) is 14.7. The van der Waals surface area contributed by atoms with Crippen LogP contribution in [0.2, 0.25) is 5.02 Å². The SMILES string of the molecule is COC(=O)CSc1nnc(NC(=O)[C@@H](C)N(c2ccc(Cl)c(C(F)(F)F)c2)S(C)(=O)=O)s1. The van der Waals surface area contributed by atoms with E-state index in [-0.39, 0.29) is 10.9 Å². The van der Waals surface area contributed by atoms with Gasteiger partial charge >= 0.3 is 12.1 Å². The average Bonchev–Trinajstić information content (AvgIpc) is 3.12. The zero-order valence-electron chi connectivity index (χ0n) is 16.6. The van der Waals surface area contributed by atoms with Crippen molar-refractivity contribution < 1.29 is 35.9 Å². The molecule has 2 aromatic rings. The Balaban J connectivity index is 2.26. The molecule has 0 fully saturated rings. The number of sulfonamides is 1. The molecule has 1 N–H and O–H groups in total. The molecule has 0 radical (unpaired) electrons. The summed E-state index contributed by atoms with van der Waals surface area (Å²) in [7, 11) is -2.95. The number of amides is 1. The molecular weight excluding hydrogens is 517 g/mol. The molecule has 1 aromatic heterocycles. The molecule has 1 amide bonds. The van der Waals surface area contributed by atoms with Crippen LogP contribution in [-0.2, 0) is 30.5 Å². The van der Waals surface area contributed by atoms with Crippen LogP contribution in [0.5, 0.6) is 0 Å². The van der Waals surface area contributed by atoms with Crippen LogP contribution in [0, 0.1) is 0 Å². The first kappa shape index (κ1) is 26.2. The summed E-state index contributed by atoms with van der Waals surface area (Å²) in [5, 5.41) is 9.26. The van der Waals surface area contributed by atoms with E-state index < -0.39 is 50.4 Å². The van der Waals surface area contributed by atoms with Gasteiger partial charge in [0.1, 0.15) is 6.04 Å². The lowest BCUT2D eigenvalue weighted by Crippen LogP contribution is -2.45. The van der Waals surface area contributed by atoms with Crippen LogP contribution < -0.4 is 9.62 Å². The number of thioether (sulfide) groups is 1. The minimum Gasteiger partial charge on any atom is -0.468 e. The van der Waals surface area contributed by atoms with E-state index in [2.05, 4.69) is 20.3 Å². The van der Waals surface area contributed by atoms with Crippen molar-refractivity contribution >= 4 is 67.4 Å². The molecule has 32 heavy (non-hydrogen) atoms. The highest BCUT2D eigenvalue weighted by Gasteiger charge is 2.36. The number of rotatable bonds is 8. The number of nitrogens with one attached hydrogen (secondary N) is 1. The standard InChI is InChI=1S/C16H16ClF3N4O5S3/c1-8(13(26)21-14-22-23-15(31-14)30-7-12(25)29-2)24(32(3,27)28)9-4-5-11(17)10(6-9)16(18,19)20/h4-6,8H,7H2,1-3H3,(H,21,22,26)/t8-/m1/s1. The van der Waals surface area contributed by atoms with Gasteiger partial charge in [0.2, 0.25) is 21.1 Å². The molecule has 0 bridgehead atoms. The van der Waals surface area contributed by atoms with Gasteiger partial charge in [-0.15, -0.1) is 10.2 Å². The lowest BCUT2D eigenvalue weighted by Gasteiger charge is -2.28. The summed E-state index contributed by atoms with van der Waals surface area (Å²) < 4.78 is 69.6. The molecule has 0 saturated carbocycles. The number of nitrogens with zero attached hydrogens (tertiary/aromatic N) is 3. The van der Waals surface area contributed by atoms with Crippen LogP contribution >= 0.6 is 34.7 Å². The molecule has 1 atom stereocenters. The Hall–Kier alpha value is -2.10. The summed E-state index contributed by atoms with van der Waals surface area (Å²) in [6, 6.07) is 1.08. The number of aromatic nitrogens is 2. The van der Waals surface area contributed by atoms with E-state index >= 15 is 0 Å². The van der Waals surface area contributed by atoms with Gasteiger partial charge in [-0.05, 0) is 25.1 Å². The second kappa shape index (κ2) is 10.2. The van der Waals surface area contributed by atoms with Gasteiger partial charge in [-0.25, -0.2) is 8.42 Å². The van der Waals surface area contributed by atoms with Gasteiger partial charge in [0.15, 0.2) is 4.34 Å². The highest BCUT2D eigenvalue weighted by atomic mass is 35.5. The average molecular weight is 533 g/mol. The van der Waals surface area contributed by atoms with Gasteiger partial charge in [0.05, 0.1) is 35.4 Å². The summed E-state index contributed by atoms with van der Waals surface area (Å²) in [4.78, 5) is 23.8. The monoisotopic (exact) mass is 532 g/mol. The third-order valence-electron chi connectivity index (χ3n) is 3.78. The second-order valence-corrected chi connectivity index (χ2v) is 10.6. The predicted molar refractivity (Wildman–Crippen MR) is 115 cm³/mol. The fourth-order valence-electron chi connectivity index (χ4n) is 2.38. The van der Waals surface area contributed by atoms with Crippen molar-refractivity contribution in [2.24, 2.45) is 0 Å². The predicted octanol–water partition coefficient (Wildman–Crippen LogP) is 3.27. The highest BCUT2D eigenvalue weighted by molar-refractivity contribution is 8.01. The van der Waals surface area contributed by atoms with Crippen molar-refractivity contribution in [3.05, 3.63) is 28.8 Å². The van der Waals surface area contributed by atoms with Crippen molar-refractivity contribution in [2.45, 2.75) is 23.5 Å². The maximum atomic E-state index is 13.2. The molecule has 0 aliphatic rings. The van der Waals surface area contributed by atoms with Crippen molar-refractivity contribution in [3.8, 4) is 0 Å². The van der Waals surface area contributed by atoms with E-state index in [1.807, 2.05) is 0 Å². The molecule has 2 rings (SSSR count). The molecular formula is C16H16ClF3N4O5S3. The number of ether oxygens (including phenoxy) is 1.